The number of aromatic hydroxyl groups is 1. The van der Waals surface area contributed by atoms with Crippen molar-refractivity contribution >= 4 is 16.7 Å². The Morgan fingerprint density at radius 1 is 1.00 bits per heavy atom. The molecule has 134 valence electrons. The van der Waals surface area contributed by atoms with E-state index >= 15 is 0 Å². The van der Waals surface area contributed by atoms with Crippen molar-refractivity contribution in [3.8, 4) is 5.75 Å². The molecule has 0 fully saturated rings. The summed E-state index contributed by atoms with van der Waals surface area (Å²) < 4.78 is 13.9. The molecule has 0 aliphatic heterocycles. The number of fused-ring (bicyclic) bond motifs is 1. The molecule has 0 saturated heterocycles. The van der Waals surface area contributed by atoms with E-state index in [-0.39, 0.29) is 11.6 Å². The number of aryl methyl sites for hydroxylation is 1. The average molecular weight is 359 g/mol. The highest BCUT2D eigenvalue weighted by atomic mass is 19.1. The van der Waals surface area contributed by atoms with Gasteiger partial charge in [0.05, 0.1) is 6.04 Å². The summed E-state index contributed by atoms with van der Waals surface area (Å²) in [6.07, 6.45) is 1.64. The first-order valence-electron chi connectivity index (χ1n) is 8.64. The number of hydrogen-bond donors (Lipinski definition) is 2. The van der Waals surface area contributed by atoms with Crippen LogP contribution >= 0.6 is 0 Å². The summed E-state index contributed by atoms with van der Waals surface area (Å²) in [7, 11) is 0. The van der Waals surface area contributed by atoms with Gasteiger partial charge in [-0.2, -0.15) is 0 Å². The zero-order chi connectivity index (χ0) is 18.8. The van der Waals surface area contributed by atoms with Crippen LogP contribution in [0.3, 0.4) is 0 Å². The molecule has 5 heteroatoms. The Bertz CT molecular complexity index is 1110. The molecule has 2 aromatic heterocycles. The minimum Gasteiger partial charge on any atom is -0.505 e. The summed E-state index contributed by atoms with van der Waals surface area (Å²) in [4.78, 5) is 8.76. The molecule has 0 saturated carbocycles. The molecule has 0 spiro atoms. The highest BCUT2D eigenvalue weighted by Crippen LogP contribution is 2.36. The van der Waals surface area contributed by atoms with E-state index in [0.717, 1.165) is 11.1 Å². The van der Waals surface area contributed by atoms with Crippen LogP contribution in [0, 0.1) is 12.7 Å². The smallest absolute Gasteiger partial charge is 0.147 e. The van der Waals surface area contributed by atoms with Gasteiger partial charge in [-0.15, -0.1) is 0 Å². The number of hydrogen-bond acceptors (Lipinski definition) is 4. The van der Waals surface area contributed by atoms with Gasteiger partial charge in [0.1, 0.15) is 22.9 Å². The van der Waals surface area contributed by atoms with E-state index in [0.29, 0.717) is 22.5 Å². The number of phenolic OH excluding ortho intramolecular Hbond substituents is 1. The van der Waals surface area contributed by atoms with Crippen LogP contribution in [-0.4, -0.2) is 15.1 Å². The van der Waals surface area contributed by atoms with Crippen molar-refractivity contribution in [2.45, 2.75) is 13.0 Å². The summed E-state index contributed by atoms with van der Waals surface area (Å²) in [5.41, 5.74) is 2.66. The molecule has 1 atom stereocenters. The highest BCUT2D eigenvalue weighted by Gasteiger charge is 2.20. The summed E-state index contributed by atoms with van der Waals surface area (Å²) in [5, 5.41) is 15.0. The van der Waals surface area contributed by atoms with Gasteiger partial charge in [-0.1, -0.05) is 36.4 Å². The predicted octanol–water partition coefficient (Wildman–Crippen LogP) is 4.98. The van der Waals surface area contributed by atoms with Gasteiger partial charge in [0.15, 0.2) is 0 Å². The van der Waals surface area contributed by atoms with Crippen LogP contribution < -0.4 is 5.32 Å². The topological polar surface area (TPSA) is 58.0 Å². The highest BCUT2D eigenvalue weighted by molar-refractivity contribution is 5.86. The molecule has 4 aromatic rings. The van der Waals surface area contributed by atoms with Gasteiger partial charge < -0.3 is 10.4 Å². The number of anilines is 1. The fraction of sp³-hybridized carbons (Fsp3) is 0.0909. The molecule has 0 aliphatic rings. The van der Waals surface area contributed by atoms with Gasteiger partial charge in [0, 0.05) is 22.8 Å². The SMILES string of the molecule is Cc1cccc(NC(c2cccc(F)c2)c2ccc3cccnc3c2O)n1. The summed E-state index contributed by atoms with van der Waals surface area (Å²) in [5.74, 6) is 0.377. The molecule has 4 nitrogen and oxygen atoms in total. The van der Waals surface area contributed by atoms with Crippen LogP contribution in [0.2, 0.25) is 0 Å². The maximum Gasteiger partial charge on any atom is 0.147 e. The maximum absolute atomic E-state index is 13.9. The molecule has 0 amide bonds. The Morgan fingerprint density at radius 2 is 1.85 bits per heavy atom. The van der Waals surface area contributed by atoms with E-state index in [4.69, 9.17) is 0 Å². The molecule has 0 radical (unpaired) electrons. The van der Waals surface area contributed by atoms with Crippen LogP contribution in [0.15, 0.2) is 72.9 Å². The maximum atomic E-state index is 13.9. The summed E-state index contributed by atoms with van der Waals surface area (Å²) >= 11 is 0. The largest absolute Gasteiger partial charge is 0.505 e. The van der Waals surface area contributed by atoms with E-state index in [9.17, 15) is 9.50 Å². The van der Waals surface area contributed by atoms with Gasteiger partial charge in [0.2, 0.25) is 0 Å². The summed E-state index contributed by atoms with van der Waals surface area (Å²) in [6.45, 7) is 1.90. The summed E-state index contributed by atoms with van der Waals surface area (Å²) in [6, 6.07) is 18.9. The Hall–Kier alpha value is -3.47. The van der Waals surface area contributed by atoms with Crippen LogP contribution in [-0.2, 0) is 0 Å². The zero-order valence-corrected chi connectivity index (χ0v) is 14.7. The first-order valence-corrected chi connectivity index (χ1v) is 8.64. The van der Waals surface area contributed by atoms with Crippen molar-refractivity contribution in [3.63, 3.8) is 0 Å². The number of halogens is 1. The van der Waals surface area contributed by atoms with Gasteiger partial charge in [0.25, 0.3) is 0 Å². The second-order valence-corrected chi connectivity index (χ2v) is 6.38. The molecule has 27 heavy (non-hydrogen) atoms. The van der Waals surface area contributed by atoms with Gasteiger partial charge in [-0.25, -0.2) is 9.37 Å². The standard InChI is InChI=1S/C22H18FN3O/c1-14-5-2-9-19(25-14)26-20(16-6-3-8-17(23)13-16)18-11-10-15-7-4-12-24-21(15)22(18)27/h2-13,20,27H,1H3,(H,25,26). The van der Waals surface area contributed by atoms with Crippen LogP contribution in [0.4, 0.5) is 10.2 Å². The second kappa shape index (κ2) is 7.03. The van der Waals surface area contributed by atoms with E-state index in [1.54, 1.807) is 12.3 Å². The molecule has 0 aliphatic carbocycles. The number of phenols is 1. The van der Waals surface area contributed by atoms with Crippen molar-refractivity contribution in [1.82, 2.24) is 9.97 Å². The number of pyridine rings is 2. The first kappa shape index (κ1) is 17.0. The molecular weight excluding hydrogens is 341 g/mol. The number of benzene rings is 2. The van der Waals surface area contributed by atoms with Crippen molar-refractivity contribution in [1.29, 1.82) is 0 Å². The van der Waals surface area contributed by atoms with Crippen LogP contribution in [0.5, 0.6) is 5.75 Å². The Kier molecular flexibility index (Phi) is 4.42. The lowest BCUT2D eigenvalue weighted by Gasteiger charge is -2.22. The zero-order valence-electron chi connectivity index (χ0n) is 14.7. The molecular formula is C22H18FN3O. The second-order valence-electron chi connectivity index (χ2n) is 6.38. The third-order valence-electron chi connectivity index (χ3n) is 4.45. The fourth-order valence-corrected chi connectivity index (χ4v) is 3.18. The molecule has 2 N–H and O–H groups in total. The van der Waals surface area contributed by atoms with Gasteiger partial charge in [-0.3, -0.25) is 4.98 Å². The van der Waals surface area contributed by atoms with E-state index in [1.807, 2.05) is 55.5 Å². The number of aromatic nitrogens is 2. The van der Waals surface area contributed by atoms with Crippen LogP contribution in [0.1, 0.15) is 22.9 Å². The molecule has 4 rings (SSSR count). The quantitative estimate of drug-likeness (QED) is 0.539. The van der Waals surface area contributed by atoms with E-state index in [2.05, 4.69) is 15.3 Å². The monoisotopic (exact) mass is 359 g/mol. The molecule has 2 aromatic carbocycles. The molecule has 0 bridgehead atoms. The minimum atomic E-state index is -0.485. The molecule has 1 unspecified atom stereocenters. The Balaban J connectivity index is 1.86. The normalized spacial score (nSPS) is 12.1. The molecule has 2 heterocycles. The third-order valence-corrected chi connectivity index (χ3v) is 4.45. The Labute approximate surface area is 156 Å². The van der Waals surface area contributed by atoms with Crippen molar-refractivity contribution < 1.29 is 9.50 Å². The lowest BCUT2D eigenvalue weighted by molar-refractivity contribution is 0.471. The average Bonchev–Trinajstić information content (AvgIpc) is 2.67. The van der Waals surface area contributed by atoms with Crippen molar-refractivity contribution in [2.24, 2.45) is 0 Å². The van der Waals surface area contributed by atoms with Crippen molar-refractivity contribution in [3.05, 3.63) is 95.6 Å². The first-order chi connectivity index (χ1) is 13.1. The Morgan fingerprint density at radius 3 is 2.67 bits per heavy atom. The van der Waals surface area contributed by atoms with Crippen LogP contribution in [0.25, 0.3) is 10.9 Å². The minimum absolute atomic E-state index is 0.0718. The third kappa shape index (κ3) is 3.44. The number of nitrogens with zero attached hydrogens (tertiary/aromatic N) is 2. The lowest BCUT2D eigenvalue weighted by Crippen LogP contribution is -2.14. The van der Waals surface area contributed by atoms with Crippen molar-refractivity contribution in [2.75, 3.05) is 5.32 Å². The fourth-order valence-electron chi connectivity index (χ4n) is 3.18. The van der Waals surface area contributed by atoms with E-state index in [1.165, 1.54) is 12.1 Å². The predicted molar refractivity (Wildman–Crippen MR) is 104 cm³/mol. The lowest BCUT2D eigenvalue weighted by atomic mass is 9.96. The van der Waals surface area contributed by atoms with Gasteiger partial charge in [-0.05, 0) is 42.8 Å². The number of nitrogens with one attached hydrogen (secondary N) is 1. The number of rotatable bonds is 4. The van der Waals surface area contributed by atoms with E-state index < -0.39 is 6.04 Å². The van der Waals surface area contributed by atoms with Gasteiger partial charge >= 0.3 is 0 Å².